The Hall–Kier alpha value is -4.13. The summed E-state index contributed by atoms with van der Waals surface area (Å²) < 4.78 is 30.4. The molecule has 0 aliphatic heterocycles. The van der Waals surface area contributed by atoms with Crippen LogP contribution in [0, 0.1) is 0 Å². The van der Waals surface area contributed by atoms with Crippen LogP contribution in [-0.4, -0.2) is 44.6 Å². The lowest BCUT2D eigenvalue weighted by atomic mass is 10.1. The molecule has 0 saturated heterocycles. The van der Waals surface area contributed by atoms with Crippen molar-refractivity contribution in [2.24, 2.45) is 0 Å². The lowest BCUT2D eigenvalue weighted by Gasteiger charge is -2.15. The molecule has 0 fully saturated rings. The number of hydrogen-bond donors (Lipinski definition) is 0. The van der Waals surface area contributed by atoms with E-state index in [1.807, 2.05) is 67.6 Å². The first-order valence-corrected chi connectivity index (χ1v) is 11.8. The minimum absolute atomic E-state index is 0.528. The van der Waals surface area contributed by atoms with Crippen LogP contribution in [0.2, 0.25) is 0 Å². The van der Waals surface area contributed by atoms with Crippen molar-refractivity contribution in [2.45, 2.75) is 19.9 Å². The Balaban J connectivity index is 1.60. The second-order valence-electron chi connectivity index (χ2n) is 8.10. The summed E-state index contributed by atoms with van der Waals surface area (Å²) in [6.45, 7) is 3.23. The minimum atomic E-state index is 0.528. The number of fused-ring (bicyclic) bond motifs is 1. The fraction of sp³-hybridized carbons (Fsp3) is 0.276. The van der Waals surface area contributed by atoms with Gasteiger partial charge in [-0.2, -0.15) is 0 Å². The fourth-order valence-electron chi connectivity index (χ4n) is 4.24. The van der Waals surface area contributed by atoms with Gasteiger partial charge < -0.3 is 28.3 Å². The maximum atomic E-state index is 6.08. The highest BCUT2D eigenvalue weighted by molar-refractivity contribution is 5.81. The van der Waals surface area contributed by atoms with E-state index in [1.54, 1.807) is 28.4 Å². The number of nitrogens with zero attached hydrogens (tertiary/aromatic N) is 2. The number of ether oxygens (including phenoxy) is 5. The molecule has 0 radical (unpaired) electrons. The topological polar surface area (TPSA) is 64.0 Å². The number of allylic oxidation sites excluding steroid dienone is 1. The molecule has 0 aliphatic carbocycles. The molecule has 4 aromatic rings. The first-order chi connectivity index (χ1) is 17.6. The lowest BCUT2D eigenvalue weighted by Crippen LogP contribution is -2.07. The van der Waals surface area contributed by atoms with Crippen molar-refractivity contribution in [3.05, 3.63) is 66.2 Å². The monoisotopic (exact) mass is 488 g/mol. The summed E-state index contributed by atoms with van der Waals surface area (Å²) >= 11 is 0. The third kappa shape index (κ3) is 5.10. The molecule has 7 nitrogen and oxygen atoms in total. The molecule has 7 heteroatoms. The molecule has 188 valence electrons. The van der Waals surface area contributed by atoms with E-state index >= 15 is 0 Å². The molecule has 1 heterocycles. The van der Waals surface area contributed by atoms with E-state index in [0.29, 0.717) is 30.4 Å². The smallest absolute Gasteiger partial charge is 0.203 e. The van der Waals surface area contributed by atoms with Crippen LogP contribution >= 0.6 is 0 Å². The zero-order valence-electron chi connectivity index (χ0n) is 21.4. The quantitative estimate of drug-likeness (QED) is 0.233. The number of rotatable bonds is 11. The summed E-state index contributed by atoms with van der Waals surface area (Å²) in [5.74, 6) is 3.99. The first-order valence-electron chi connectivity index (χ1n) is 11.8. The molecule has 0 spiro atoms. The van der Waals surface area contributed by atoms with Gasteiger partial charge in [-0.3, -0.25) is 0 Å². The van der Waals surface area contributed by atoms with Crippen molar-refractivity contribution in [2.75, 3.05) is 35.0 Å². The van der Waals surface area contributed by atoms with Gasteiger partial charge in [0.05, 0.1) is 46.1 Å². The van der Waals surface area contributed by atoms with Gasteiger partial charge >= 0.3 is 0 Å². The van der Waals surface area contributed by atoms with Crippen molar-refractivity contribution in [3.8, 4) is 40.1 Å². The Morgan fingerprint density at radius 1 is 0.806 bits per heavy atom. The molecular weight excluding hydrogens is 456 g/mol. The molecule has 1 aromatic heterocycles. The number of benzene rings is 3. The summed E-state index contributed by atoms with van der Waals surface area (Å²) in [6, 6.07) is 17.9. The molecule has 0 atom stereocenters. The van der Waals surface area contributed by atoms with Crippen LogP contribution in [0.15, 0.2) is 60.7 Å². The van der Waals surface area contributed by atoms with Gasteiger partial charge in [0.15, 0.2) is 23.0 Å². The minimum Gasteiger partial charge on any atom is -0.493 e. The average molecular weight is 489 g/mol. The normalized spacial score (nSPS) is 11.1. The van der Waals surface area contributed by atoms with Crippen LogP contribution in [0.4, 0.5) is 0 Å². The predicted molar refractivity (Wildman–Crippen MR) is 143 cm³/mol. The van der Waals surface area contributed by atoms with Crippen molar-refractivity contribution in [1.82, 2.24) is 9.55 Å². The van der Waals surface area contributed by atoms with Gasteiger partial charge in [0.2, 0.25) is 5.75 Å². The van der Waals surface area contributed by atoms with E-state index in [4.69, 9.17) is 28.7 Å². The SMILES string of the molecule is C/C=C/c1ccc(OCCCn2c(-c3cc(OC)c(OC)c(OC)c3)nc3ccccc32)c(OC)c1. The highest BCUT2D eigenvalue weighted by atomic mass is 16.5. The van der Waals surface area contributed by atoms with Crippen molar-refractivity contribution < 1.29 is 23.7 Å². The summed E-state index contributed by atoms with van der Waals surface area (Å²) in [7, 11) is 6.47. The number of aryl methyl sites for hydroxylation is 1. The summed E-state index contributed by atoms with van der Waals surface area (Å²) in [6.07, 6.45) is 4.80. The molecule has 0 N–H and O–H groups in total. The number of hydrogen-bond acceptors (Lipinski definition) is 6. The van der Waals surface area contributed by atoms with E-state index in [0.717, 1.165) is 45.9 Å². The van der Waals surface area contributed by atoms with Crippen LogP contribution in [0.3, 0.4) is 0 Å². The van der Waals surface area contributed by atoms with Crippen LogP contribution in [-0.2, 0) is 6.54 Å². The van der Waals surface area contributed by atoms with Gasteiger partial charge in [-0.15, -0.1) is 0 Å². The molecule has 3 aromatic carbocycles. The summed E-state index contributed by atoms with van der Waals surface area (Å²) in [4.78, 5) is 4.92. The molecule has 0 unspecified atom stereocenters. The molecule has 0 amide bonds. The van der Waals surface area contributed by atoms with Crippen LogP contribution in [0.5, 0.6) is 28.7 Å². The van der Waals surface area contributed by atoms with Crippen LogP contribution in [0.1, 0.15) is 18.9 Å². The Morgan fingerprint density at radius 2 is 1.53 bits per heavy atom. The molecule has 0 aliphatic rings. The Bertz CT molecular complexity index is 1330. The fourth-order valence-corrected chi connectivity index (χ4v) is 4.24. The van der Waals surface area contributed by atoms with E-state index in [-0.39, 0.29) is 0 Å². The first kappa shape index (κ1) is 25.0. The Labute approximate surface area is 211 Å². The highest BCUT2D eigenvalue weighted by Gasteiger charge is 2.19. The number of imidazole rings is 1. The number of para-hydroxylation sites is 2. The van der Waals surface area contributed by atoms with Crippen molar-refractivity contribution in [3.63, 3.8) is 0 Å². The van der Waals surface area contributed by atoms with Gasteiger partial charge in [0.1, 0.15) is 5.82 Å². The lowest BCUT2D eigenvalue weighted by molar-refractivity contribution is 0.283. The third-order valence-corrected chi connectivity index (χ3v) is 5.91. The standard InChI is InChI=1S/C29H32N2O5/c1-6-10-20-13-14-24(25(17-20)32-2)36-16-9-15-31-23-12-8-7-11-22(23)30-29(31)21-18-26(33-3)28(35-5)27(19-21)34-4/h6-8,10-14,17-19H,9,15-16H2,1-5H3/b10-6+. The summed E-state index contributed by atoms with van der Waals surface area (Å²) in [5.41, 5.74) is 3.92. The van der Waals surface area contributed by atoms with Gasteiger partial charge in [-0.05, 0) is 55.3 Å². The van der Waals surface area contributed by atoms with Gasteiger partial charge in [0, 0.05) is 12.1 Å². The van der Waals surface area contributed by atoms with Crippen LogP contribution < -0.4 is 23.7 Å². The zero-order chi connectivity index (χ0) is 25.5. The molecule has 4 rings (SSSR count). The zero-order valence-corrected chi connectivity index (χ0v) is 21.4. The molecule has 36 heavy (non-hydrogen) atoms. The second-order valence-corrected chi connectivity index (χ2v) is 8.10. The summed E-state index contributed by atoms with van der Waals surface area (Å²) in [5, 5.41) is 0. The maximum Gasteiger partial charge on any atom is 0.203 e. The Kier molecular flexibility index (Phi) is 8.00. The average Bonchev–Trinajstić information content (AvgIpc) is 3.29. The third-order valence-electron chi connectivity index (χ3n) is 5.91. The van der Waals surface area contributed by atoms with E-state index < -0.39 is 0 Å². The number of aromatic nitrogens is 2. The van der Waals surface area contributed by atoms with Gasteiger partial charge in [-0.25, -0.2) is 4.98 Å². The molecule has 0 bridgehead atoms. The predicted octanol–water partition coefficient (Wildman–Crippen LogP) is 6.24. The van der Waals surface area contributed by atoms with Crippen LogP contribution in [0.25, 0.3) is 28.5 Å². The largest absolute Gasteiger partial charge is 0.493 e. The molecular formula is C29H32N2O5. The maximum absolute atomic E-state index is 6.08. The van der Waals surface area contributed by atoms with Gasteiger partial charge in [-0.1, -0.05) is 30.4 Å². The number of methoxy groups -OCH3 is 4. The molecule has 0 saturated carbocycles. The van der Waals surface area contributed by atoms with Gasteiger partial charge in [0.25, 0.3) is 0 Å². The second kappa shape index (κ2) is 11.5. The Morgan fingerprint density at radius 3 is 2.19 bits per heavy atom. The van der Waals surface area contributed by atoms with Crippen molar-refractivity contribution >= 4 is 17.1 Å². The van der Waals surface area contributed by atoms with E-state index in [9.17, 15) is 0 Å². The van der Waals surface area contributed by atoms with Crippen molar-refractivity contribution in [1.29, 1.82) is 0 Å². The van der Waals surface area contributed by atoms with E-state index in [2.05, 4.69) is 10.6 Å². The van der Waals surface area contributed by atoms with E-state index in [1.165, 1.54) is 0 Å². The highest BCUT2D eigenvalue weighted by Crippen LogP contribution is 2.41.